The molecule has 0 bridgehead atoms. The highest BCUT2D eigenvalue weighted by atomic mass is 32.2. The van der Waals surface area contributed by atoms with Crippen LogP contribution in [0.5, 0.6) is 0 Å². The summed E-state index contributed by atoms with van der Waals surface area (Å²) < 4.78 is 5.45. The van der Waals surface area contributed by atoms with Crippen LogP contribution in [0.4, 0.5) is 23.1 Å². The Bertz CT molecular complexity index is 1080. The normalized spacial score (nSPS) is 15.5. The Morgan fingerprint density at radius 3 is 2.62 bits per heavy atom. The Morgan fingerprint density at radius 2 is 1.94 bits per heavy atom. The molecule has 0 spiro atoms. The zero-order chi connectivity index (χ0) is 24.1. The summed E-state index contributed by atoms with van der Waals surface area (Å²) in [6.07, 6.45) is 4.60. The predicted octanol–water partition coefficient (Wildman–Crippen LogP) is 4.40. The van der Waals surface area contributed by atoms with E-state index in [0.717, 1.165) is 67.5 Å². The summed E-state index contributed by atoms with van der Waals surface area (Å²) in [7, 11) is 0. The van der Waals surface area contributed by atoms with Gasteiger partial charge in [0.25, 0.3) is 0 Å². The van der Waals surface area contributed by atoms with Crippen LogP contribution in [0.2, 0.25) is 0 Å². The van der Waals surface area contributed by atoms with Gasteiger partial charge in [-0.2, -0.15) is 15.1 Å². The first-order valence-corrected chi connectivity index (χ1v) is 13.0. The molecule has 34 heavy (non-hydrogen) atoms. The third-order valence-corrected chi connectivity index (χ3v) is 6.57. The van der Waals surface area contributed by atoms with E-state index < -0.39 is 5.60 Å². The number of aliphatic hydroxyl groups is 1. The number of benzene rings is 1. The molecule has 0 amide bonds. The van der Waals surface area contributed by atoms with Gasteiger partial charge in [0.2, 0.25) is 5.95 Å². The fourth-order valence-corrected chi connectivity index (χ4v) is 4.60. The fourth-order valence-electron chi connectivity index (χ4n) is 4.06. The number of morpholine rings is 1. The molecule has 4 N–H and O–H groups in total. The summed E-state index contributed by atoms with van der Waals surface area (Å²) in [5.41, 5.74) is 2.15. The molecule has 0 aliphatic carbocycles. The molecular formula is C24H35N7O2S. The van der Waals surface area contributed by atoms with Gasteiger partial charge in [-0.25, -0.2) is 0 Å². The maximum absolute atomic E-state index is 10.00. The van der Waals surface area contributed by atoms with E-state index in [1.54, 1.807) is 11.8 Å². The van der Waals surface area contributed by atoms with E-state index in [2.05, 4.69) is 49.8 Å². The van der Waals surface area contributed by atoms with Gasteiger partial charge in [0.15, 0.2) is 5.65 Å². The molecule has 1 aromatic carbocycles. The second kappa shape index (κ2) is 10.8. The van der Waals surface area contributed by atoms with E-state index >= 15 is 0 Å². The predicted molar refractivity (Wildman–Crippen MR) is 139 cm³/mol. The Labute approximate surface area is 205 Å². The van der Waals surface area contributed by atoms with Crippen LogP contribution in [-0.2, 0) is 4.74 Å². The van der Waals surface area contributed by atoms with Crippen LogP contribution < -0.4 is 15.5 Å². The fraction of sp³-hybridized carbons (Fsp3) is 0.542. The van der Waals surface area contributed by atoms with Crippen LogP contribution in [0.15, 0.2) is 29.3 Å². The van der Waals surface area contributed by atoms with Crippen LogP contribution in [0.3, 0.4) is 0 Å². The summed E-state index contributed by atoms with van der Waals surface area (Å²) in [4.78, 5) is 11.8. The van der Waals surface area contributed by atoms with Crippen LogP contribution in [0, 0.1) is 0 Å². The minimum Gasteiger partial charge on any atom is -0.390 e. The van der Waals surface area contributed by atoms with Crippen molar-refractivity contribution >= 4 is 45.9 Å². The lowest BCUT2D eigenvalue weighted by Crippen LogP contribution is -2.36. The zero-order valence-electron chi connectivity index (χ0n) is 20.4. The van der Waals surface area contributed by atoms with Crippen molar-refractivity contribution < 1.29 is 9.84 Å². The highest BCUT2D eigenvalue weighted by molar-refractivity contribution is 7.98. The second-order valence-electron chi connectivity index (χ2n) is 9.37. The number of nitrogens with one attached hydrogen (secondary N) is 3. The smallest absolute Gasteiger partial charge is 0.231 e. The van der Waals surface area contributed by atoms with Gasteiger partial charge in [-0.1, -0.05) is 0 Å². The van der Waals surface area contributed by atoms with Crippen molar-refractivity contribution in [1.82, 2.24) is 20.2 Å². The molecule has 1 aliphatic heterocycles. The number of nitrogens with zero attached hydrogens (tertiary/aromatic N) is 4. The third-order valence-electron chi connectivity index (χ3n) is 5.89. The lowest BCUT2D eigenvalue weighted by Gasteiger charge is -2.28. The van der Waals surface area contributed by atoms with Crippen LogP contribution in [0.25, 0.3) is 11.0 Å². The molecule has 1 fully saturated rings. The lowest BCUT2D eigenvalue weighted by molar-refractivity contribution is 0.0680. The summed E-state index contributed by atoms with van der Waals surface area (Å²) in [5.74, 6) is 1.26. The van der Waals surface area contributed by atoms with Crippen molar-refractivity contribution in [2.75, 3.05) is 48.1 Å². The molecule has 1 saturated heterocycles. The summed E-state index contributed by atoms with van der Waals surface area (Å²) >= 11 is 1.56. The first-order chi connectivity index (χ1) is 16.3. The standard InChI is InChI=1S/C24H35N7O2S/c1-16(6-5-11-24(2,3)32)25-20-19-21(29-30-22(19)34-4)28-23(27-20)26-17-7-9-18(10-8-17)31-12-14-33-15-13-31/h7-10,16,32H,5-6,11-15H2,1-4H3,(H3,25,26,27,28,29,30). The molecule has 0 saturated carbocycles. The number of hydrogen-bond acceptors (Lipinski definition) is 9. The maximum atomic E-state index is 10.00. The van der Waals surface area contributed by atoms with Crippen LogP contribution in [-0.4, -0.2) is 69.5 Å². The van der Waals surface area contributed by atoms with Gasteiger partial charge in [-0.05, 0) is 70.6 Å². The van der Waals surface area contributed by atoms with E-state index in [0.29, 0.717) is 11.6 Å². The Kier molecular flexibility index (Phi) is 7.80. The van der Waals surface area contributed by atoms with Crippen molar-refractivity contribution in [1.29, 1.82) is 0 Å². The third kappa shape index (κ3) is 6.31. The first-order valence-electron chi connectivity index (χ1n) is 11.8. The number of hydrogen-bond donors (Lipinski definition) is 4. The molecule has 4 rings (SSSR count). The van der Waals surface area contributed by atoms with Gasteiger partial charge in [0, 0.05) is 30.5 Å². The second-order valence-corrected chi connectivity index (χ2v) is 10.2. The van der Waals surface area contributed by atoms with Gasteiger partial charge in [0.1, 0.15) is 10.8 Å². The van der Waals surface area contributed by atoms with Crippen LogP contribution in [0.1, 0.15) is 40.0 Å². The minimum atomic E-state index is -0.646. The van der Waals surface area contributed by atoms with E-state index in [-0.39, 0.29) is 6.04 Å². The van der Waals surface area contributed by atoms with Crippen molar-refractivity contribution in [3.8, 4) is 0 Å². The van der Waals surface area contributed by atoms with E-state index in [1.165, 1.54) is 5.69 Å². The molecule has 0 radical (unpaired) electrons. The largest absolute Gasteiger partial charge is 0.390 e. The molecule has 9 nitrogen and oxygen atoms in total. The van der Waals surface area contributed by atoms with Gasteiger partial charge < -0.3 is 25.4 Å². The quantitative estimate of drug-likeness (QED) is 0.311. The van der Waals surface area contributed by atoms with Crippen molar-refractivity contribution in [2.45, 2.75) is 56.7 Å². The molecule has 1 unspecified atom stereocenters. The van der Waals surface area contributed by atoms with Crippen LogP contribution >= 0.6 is 11.8 Å². The number of thioether (sulfide) groups is 1. The molecule has 3 heterocycles. The monoisotopic (exact) mass is 485 g/mol. The molecule has 1 aliphatic rings. The summed E-state index contributed by atoms with van der Waals surface area (Å²) in [6.45, 7) is 9.18. The number of aromatic nitrogens is 4. The Morgan fingerprint density at radius 1 is 1.21 bits per heavy atom. The van der Waals surface area contributed by atoms with Crippen molar-refractivity contribution in [3.63, 3.8) is 0 Å². The van der Waals surface area contributed by atoms with E-state index in [9.17, 15) is 5.11 Å². The average Bonchev–Trinajstić information content (AvgIpc) is 3.23. The van der Waals surface area contributed by atoms with Gasteiger partial charge in [-0.15, -0.1) is 11.8 Å². The van der Waals surface area contributed by atoms with E-state index in [4.69, 9.17) is 9.72 Å². The summed E-state index contributed by atoms with van der Waals surface area (Å²) in [6, 6.07) is 8.50. The molecule has 1 atom stereocenters. The highest BCUT2D eigenvalue weighted by Gasteiger charge is 2.18. The topological polar surface area (TPSA) is 111 Å². The summed E-state index contributed by atoms with van der Waals surface area (Å²) in [5, 5.41) is 26.1. The number of rotatable bonds is 10. The van der Waals surface area contributed by atoms with Crippen molar-refractivity contribution in [3.05, 3.63) is 24.3 Å². The van der Waals surface area contributed by atoms with E-state index in [1.807, 2.05) is 32.2 Å². The van der Waals surface area contributed by atoms with Gasteiger partial charge >= 0.3 is 0 Å². The minimum absolute atomic E-state index is 0.186. The lowest BCUT2D eigenvalue weighted by atomic mass is 10.00. The Hall–Kier alpha value is -2.56. The number of H-pyrrole nitrogens is 1. The zero-order valence-corrected chi connectivity index (χ0v) is 21.2. The number of aromatic amines is 1. The molecular weight excluding hydrogens is 450 g/mol. The average molecular weight is 486 g/mol. The van der Waals surface area contributed by atoms with Gasteiger partial charge in [-0.3, -0.25) is 5.10 Å². The number of ether oxygens (including phenoxy) is 1. The Balaban J connectivity index is 1.50. The molecule has 3 aromatic rings. The number of anilines is 4. The first kappa shape index (κ1) is 24.6. The van der Waals surface area contributed by atoms with Crippen molar-refractivity contribution in [2.24, 2.45) is 0 Å². The molecule has 184 valence electrons. The number of fused-ring (bicyclic) bond motifs is 1. The molecule has 10 heteroatoms. The highest BCUT2D eigenvalue weighted by Crippen LogP contribution is 2.31. The SMILES string of the molecule is CSc1n[nH]c2nc(Nc3ccc(N4CCOCC4)cc3)nc(NC(C)CCCC(C)(C)O)c12. The van der Waals surface area contributed by atoms with Gasteiger partial charge in [0.05, 0.1) is 24.2 Å². The molecule has 2 aromatic heterocycles. The maximum Gasteiger partial charge on any atom is 0.231 e.